The number of ether oxygens (including phenoxy) is 1. The summed E-state index contributed by atoms with van der Waals surface area (Å²) in [6, 6.07) is 1.81. The summed E-state index contributed by atoms with van der Waals surface area (Å²) in [7, 11) is 1.50. The van der Waals surface area contributed by atoms with Gasteiger partial charge in [0.25, 0.3) is 5.56 Å². The van der Waals surface area contributed by atoms with Crippen molar-refractivity contribution in [3.63, 3.8) is 0 Å². The number of carbonyl (C=O) groups excluding carboxylic acids is 4. The third kappa shape index (κ3) is 11.4. The lowest BCUT2D eigenvalue weighted by atomic mass is 9.83. The Balaban J connectivity index is 1.31. The number of aliphatic hydroxyl groups is 1. The van der Waals surface area contributed by atoms with Crippen LogP contribution in [0.15, 0.2) is 52.3 Å². The molecule has 2 aliphatic rings. The van der Waals surface area contributed by atoms with Gasteiger partial charge in [0.05, 0.1) is 18.2 Å². The number of rotatable bonds is 17. The normalized spacial score (nSPS) is 20.9. The average Bonchev–Trinajstić information content (AvgIpc) is 3.79. The number of carbonyl (C=O) groups is 5. The summed E-state index contributed by atoms with van der Waals surface area (Å²) in [5.74, 6) is -3.33. The van der Waals surface area contributed by atoms with E-state index in [0.29, 0.717) is 5.56 Å². The molecule has 3 aromatic rings. The van der Waals surface area contributed by atoms with E-state index in [0.717, 1.165) is 53.6 Å². The van der Waals surface area contributed by atoms with Gasteiger partial charge < -0.3 is 51.8 Å². The van der Waals surface area contributed by atoms with Crippen LogP contribution < -0.4 is 38.2 Å². The number of aromatic amines is 2. The summed E-state index contributed by atoms with van der Waals surface area (Å²) in [5.41, 5.74) is 6.55. The molecule has 2 fully saturated rings. The van der Waals surface area contributed by atoms with E-state index < -0.39 is 89.6 Å². The number of fused-ring (bicyclic) bond motifs is 1. The Labute approximate surface area is 340 Å². The number of carboxylic acids is 1. The van der Waals surface area contributed by atoms with Crippen LogP contribution in [0.5, 0.6) is 0 Å². The Morgan fingerprint density at radius 3 is 2.36 bits per heavy atom. The SMILES string of the molecule is CC(C)C[C@H](NC(=O)N[C@@H](Cc1c[nH]c2ccccc12)C(=O)O)C(=O)N[C@H](C(=O)NC[C@H]1C[C@@H](O)[C@H](n2ccc(=O)[nH]c2=O)O1)[C@H](C)N(C)C(=O)[C@@H](N)C1CCCCC1. The Kier molecular flexibility index (Phi) is 15.1. The highest BCUT2D eigenvalue weighted by atomic mass is 16.5. The van der Waals surface area contributed by atoms with Crippen molar-refractivity contribution in [3.05, 3.63) is 69.1 Å². The van der Waals surface area contributed by atoms with Crippen molar-refractivity contribution in [2.75, 3.05) is 13.6 Å². The van der Waals surface area contributed by atoms with Gasteiger partial charge in [0.2, 0.25) is 17.7 Å². The smallest absolute Gasteiger partial charge is 0.330 e. The van der Waals surface area contributed by atoms with E-state index in [2.05, 4.69) is 31.2 Å². The topological polar surface area (TPSA) is 283 Å². The molecule has 0 spiro atoms. The van der Waals surface area contributed by atoms with Crippen molar-refractivity contribution in [3.8, 4) is 0 Å². The third-order valence-electron chi connectivity index (χ3n) is 11.3. The summed E-state index contributed by atoms with van der Waals surface area (Å²) in [6.45, 7) is 5.08. The highest BCUT2D eigenvalue weighted by Crippen LogP contribution is 2.28. The van der Waals surface area contributed by atoms with Gasteiger partial charge in [-0.2, -0.15) is 0 Å². The van der Waals surface area contributed by atoms with Gasteiger partial charge in [-0.1, -0.05) is 51.3 Å². The van der Waals surface area contributed by atoms with E-state index in [9.17, 15) is 43.8 Å². The third-order valence-corrected chi connectivity index (χ3v) is 11.3. The monoisotopic (exact) mass is 823 g/mol. The van der Waals surface area contributed by atoms with Crippen molar-refractivity contribution in [1.29, 1.82) is 0 Å². The lowest BCUT2D eigenvalue weighted by Gasteiger charge is -2.36. The summed E-state index contributed by atoms with van der Waals surface area (Å²) in [4.78, 5) is 98.0. The number of para-hydroxylation sites is 1. The minimum Gasteiger partial charge on any atom is -0.480 e. The molecule has 19 nitrogen and oxygen atoms in total. The van der Waals surface area contributed by atoms with Crippen LogP contribution in [0.1, 0.15) is 77.5 Å². The van der Waals surface area contributed by atoms with Gasteiger partial charge in [0, 0.05) is 55.8 Å². The maximum atomic E-state index is 14.1. The predicted molar refractivity (Wildman–Crippen MR) is 216 cm³/mol. The van der Waals surface area contributed by atoms with Crippen molar-refractivity contribution in [1.82, 2.24) is 40.7 Å². The number of carboxylic acid groups (broad SMARTS) is 1. The largest absolute Gasteiger partial charge is 0.480 e. The van der Waals surface area contributed by atoms with Crippen LogP contribution in [0.25, 0.3) is 10.9 Å². The second kappa shape index (κ2) is 20.0. The minimum absolute atomic E-state index is 0.0187. The van der Waals surface area contributed by atoms with E-state index in [1.165, 1.54) is 18.1 Å². The number of urea groups is 1. The second-order valence-corrected chi connectivity index (χ2v) is 16.1. The number of aromatic nitrogens is 3. The van der Waals surface area contributed by atoms with E-state index in [-0.39, 0.29) is 37.6 Å². The molecule has 5 amide bonds. The average molecular weight is 824 g/mol. The molecular weight excluding hydrogens is 766 g/mol. The number of benzene rings is 1. The number of aliphatic hydroxyl groups excluding tert-OH is 1. The number of nitrogens with one attached hydrogen (secondary N) is 6. The molecule has 1 aliphatic carbocycles. The predicted octanol–water partition coefficient (Wildman–Crippen LogP) is 0.432. The van der Waals surface area contributed by atoms with E-state index in [4.69, 9.17) is 10.5 Å². The molecule has 1 saturated heterocycles. The molecule has 10 N–H and O–H groups in total. The molecule has 1 aromatic carbocycles. The Morgan fingerprint density at radius 2 is 1.68 bits per heavy atom. The first-order valence-corrected chi connectivity index (χ1v) is 20.1. The van der Waals surface area contributed by atoms with Crippen molar-refractivity contribution < 1.29 is 38.9 Å². The summed E-state index contributed by atoms with van der Waals surface area (Å²) in [5, 5.41) is 32.0. The highest BCUT2D eigenvalue weighted by molar-refractivity contribution is 5.93. The first-order chi connectivity index (χ1) is 28.0. The van der Waals surface area contributed by atoms with Crippen molar-refractivity contribution in [2.24, 2.45) is 17.6 Å². The van der Waals surface area contributed by atoms with Crippen LogP contribution in [0, 0.1) is 11.8 Å². The van der Waals surface area contributed by atoms with E-state index in [1.807, 2.05) is 38.1 Å². The first kappa shape index (κ1) is 44.6. The maximum Gasteiger partial charge on any atom is 0.330 e. The molecule has 0 radical (unpaired) electrons. The molecule has 0 unspecified atom stereocenters. The van der Waals surface area contributed by atoms with E-state index >= 15 is 0 Å². The van der Waals surface area contributed by atoms with Crippen LogP contribution in [0.4, 0.5) is 4.79 Å². The van der Waals surface area contributed by atoms with Crippen LogP contribution in [0.3, 0.4) is 0 Å². The Hall–Kier alpha value is -5.53. The molecule has 5 rings (SSSR count). The molecule has 322 valence electrons. The first-order valence-electron chi connectivity index (χ1n) is 20.1. The zero-order valence-corrected chi connectivity index (χ0v) is 33.8. The molecular formula is C40H57N9O10. The van der Waals surface area contributed by atoms with Crippen molar-refractivity contribution in [2.45, 2.75) is 121 Å². The molecule has 59 heavy (non-hydrogen) atoms. The maximum absolute atomic E-state index is 14.1. The van der Waals surface area contributed by atoms with Crippen LogP contribution >= 0.6 is 0 Å². The van der Waals surface area contributed by atoms with Gasteiger partial charge in [-0.05, 0) is 49.7 Å². The van der Waals surface area contributed by atoms with Gasteiger partial charge in [0.1, 0.15) is 24.2 Å². The Morgan fingerprint density at radius 1 is 0.983 bits per heavy atom. The number of amides is 5. The lowest BCUT2D eigenvalue weighted by molar-refractivity contribution is -0.140. The lowest BCUT2D eigenvalue weighted by Crippen LogP contribution is -2.63. The number of nitrogens with two attached hydrogens (primary N) is 1. The standard InChI is InChI=1S/C40H57N9O10/c1-21(2)16-28(44-39(57)45-29(38(55)56)17-24-19-42-27-13-9-8-12-26(24)27)34(52)47-33(22(3)48(4)36(54)32(41)23-10-6-5-7-11-23)35(53)43-20-25-18-30(50)37(59-25)49-15-14-31(51)46-40(49)58/h8-9,12-15,19,21-23,25,28-30,32-33,37,42,50H,5-7,10-11,16-18,20,41H2,1-4H3,(H,43,53)(H,47,52)(H,55,56)(H2,44,45,57)(H,46,51,58)/t22-,25+,28-,29-,30+,32-,33-,37+/m0/s1. The quantitative estimate of drug-likeness (QED) is 0.0900. The minimum atomic E-state index is -1.38. The number of hydrogen-bond donors (Lipinski definition) is 9. The zero-order chi connectivity index (χ0) is 43.0. The number of likely N-dealkylation sites (N-methyl/N-ethyl adjacent to an activating group) is 1. The fourth-order valence-corrected chi connectivity index (χ4v) is 7.86. The zero-order valence-electron chi connectivity index (χ0n) is 33.8. The van der Waals surface area contributed by atoms with Gasteiger partial charge in [-0.15, -0.1) is 0 Å². The number of hydrogen-bond acceptors (Lipinski definition) is 10. The number of H-pyrrole nitrogens is 2. The molecule has 19 heteroatoms. The molecule has 0 bridgehead atoms. The summed E-state index contributed by atoms with van der Waals surface area (Å²) in [6.07, 6.45) is 4.45. The molecule has 3 heterocycles. The molecule has 8 atom stereocenters. The van der Waals surface area contributed by atoms with Crippen LogP contribution in [0.2, 0.25) is 0 Å². The van der Waals surface area contributed by atoms with Gasteiger partial charge in [-0.3, -0.25) is 28.7 Å². The molecule has 1 aliphatic heterocycles. The second-order valence-electron chi connectivity index (χ2n) is 16.1. The van der Waals surface area contributed by atoms with Gasteiger partial charge in [-0.25, -0.2) is 14.4 Å². The van der Waals surface area contributed by atoms with Gasteiger partial charge >= 0.3 is 17.7 Å². The number of aliphatic carboxylic acids is 1. The van der Waals surface area contributed by atoms with Gasteiger partial charge in [0.15, 0.2) is 6.23 Å². The molecule has 1 saturated carbocycles. The van der Waals surface area contributed by atoms with E-state index in [1.54, 1.807) is 13.1 Å². The van der Waals surface area contributed by atoms with Crippen LogP contribution in [-0.4, -0.2) is 115 Å². The summed E-state index contributed by atoms with van der Waals surface area (Å²) >= 11 is 0. The fourth-order valence-electron chi connectivity index (χ4n) is 7.86. The van der Waals surface area contributed by atoms with Crippen LogP contribution in [-0.2, 0) is 30.3 Å². The summed E-state index contributed by atoms with van der Waals surface area (Å²) < 4.78 is 6.91. The highest BCUT2D eigenvalue weighted by Gasteiger charge is 2.39. The fraction of sp³-hybridized carbons (Fsp3) is 0.575. The Bertz CT molecular complexity index is 2080. The molecule has 2 aromatic heterocycles. The van der Waals surface area contributed by atoms with Crippen molar-refractivity contribution >= 4 is 40.6 Å². The number of nitrogens with zero attached hydrogens (tertiary/aromatic N) is 2.